The van der Waals surface area contributed by atoms with Crippen molar-refractivity contribution < 1.29 is 0 Å². The molecule has 2 aromatic heterocycles. The Morgan fingerprint density at radius 1 is 1.20 bits per heavy atom. The molecule has 0 aliphatic carbocycles. The third-order valence-corrected chi connectivity index (χ3v) is 5.12. The molecule has 0 saturated heterocycles. The molecule has 0 amide bonds. The van der Waals surface area contributed by atoms with E-state index in [9.17, 15) is 9.59 Å². The van der Waals surface area contributed by atoms with E-state index >= 15 is 0 Å². The van der Waals surface area contributed by atoms with Crippen molar-refractivity contribution in [1.82, 2.24) is 18.7 Å². The van der Waals surface area contributed by atoms with Crippen molar-refractivity contribution in [3.63, 3.8) is 0 Å². The predicted octanol–water partition coefficient (Wildman–Crippen LogP) is 2.41. The summed E-state index contributed by atoms with van der Waals surface area (Å²) in [6.45, 7) is 4.18. The molecule has 0 bridgehead atoms. The monoisotopic (exact) mass is 376 g/mol. The van der Waals surface area contributed by atoms with Crippen LogP contribution in [0, 0.1) is 0 Å². The number of halogens is 1. The van der Waals surface area contributed by atoms with Crippen LogP contribution in [0.15, 0.2) is 51.7 Å². The van der Waals surface area contributed by atoms with Gasteiger partial charge < -0.3 is 4.57 Å². The summed E-state index contributed by atoms with van der Waals surface area (Å²) in [7, 11) is 3.09. The number of hydrogen-bond acceptors (Lipinski definition) is 4. The van der Waals surface area contributed by atoms with Gasteiger partial charge in [-0.3, -0.25) is 13.9 Å². The number of benzene rings is 1. The first-order valence-corrected chi connectivity index (χ1v) is 8.94. The van der Waals surface area contributed by atoms with Crippen LogP contribution in [0.5, 0.6) is 0 Å². The first kappa shape index (κ1) is 17.6. The first-order chi connectivity index (χ1) is 11.9. The van der Waals surface area contributed by atoms with E-state index in [1.807, 2.05) is 16.7 Å². The standard InChI is InChI=1S/C17H17ClN4O2S/c1-4-9-25-16-19-14-13(15(23)21(3)17(24)20(14)2)22(16)10-11-5-7-12(18)8-6-11/h4-8H,1,9-10H2,2-3H3. The molecule has 8 heteroatoms. The Morgan fingerprint density at radius 3 is 2.52 bits per heavy atom. The van der Waals surface area contributed by atoms with E-state index in [-0.39, 0.29) is 5.56 Å². The lowest BCUT2D eigenvalue weighted by molar-refractivity contribution is 0.696. The molecule has 2 heterocycles. The van der Waals surface area contributed by atoms with E-state index in [4.69, 9.17) is 11.6 Å². The Bertz CT molecular complexity index is 1060. The number of aromatic nitrogens is 4. The number of aryl methyl sites for hydroxylation is 1. The molecule has 3 rings (SSSR count). The van der Waals surface area contributed by atoms with E-state index in [0.29, 0.717) is 33.6 Å². The molecule has 0 saturated carbocycles. The van der Waals surface area contributed by atoms with Gasteiger partial charge in [-0.2, -0.15) is 0 Å². The van der Waals surface area contributed by atoms with Gasteiger partial charge in [0.2, 0.25) is 0 Å². The Balaban J connectivity index is 2.26. The summed E-state index contributed by atoms with van der Waals surface area (Å²) in [4.78, 5) is 29.4. The molecule has 0 aliphatic heterocycles. The molecule has 130 valence electrons. The zero-order chi connectivity index (χ0) is 18.1. The van der Waals surface area contributed by atoms with Gasteiger partial charge in [0.15, 0.2) is 16.3 Å². The average molecular weight is 377 g/mol. The minimum Gasteiger partial charge on any atom is -0.309 e. The zero-order valence-corrected chi connectivity index (χ0v) is 15.5. The molecule has 0 radical (unpaired) electrons. The fourth-order valence-corrected chi connectivity index (χ4v) is 3.44. The summed E-state index contributed by atoms with van der Waals surface area (Å²) < 4.78 is 4.34. The van der Waals surface area contributed by atoms with Crippen LogP contribution in [0.2, 0.25) is 5.02 Å². The summed E-state index contributed by atoms with van der Waals surface area (Å²) in [6.07, 6.45) is 1.77. The Hall–Kier alpha value is -2.25. The third kappa shape index (κ3) is 3.17. The van der Waals surface area contributed by atoms with E-state index in [2.05, 4.69) is 11.6 Å². The average Bonchev–Trinajstić information content (AvgIpc) is 2.96. The lowest BCUT2D eigenvalue weighted by Crippen LogP contribution is -2.37. The van der Waals surface area contributed by atoms with Crippen LogP contribution < -0.4 is 11.2 Å². The van der Waals surface area contributed by atoms with Crippen molar-refractivity contribution in [2.24, 2.45) is 14.1 Å². The summed E-state index contributed by atoms with van der Waals surface area (Å²) >= 11 is 7.42. The zero-order valence-electron chi connectivity index (χ0n) is 13.9. The highest BCUT2D eigenvalue weighted by Gasteiger charge is 2.19. The molecule has 6 nitrogen and oxygen atoms in total. The van der Waals surface area contributed by atoms with Gasteiger partial charge in [0.1, 0.15) is 0 Å². The minimum atomic E-state index is -0.395. The Kier molecular flexibility index (Phi) is 4.87. The maximum absolute atomic E-state index is 12.7. The van der Waals surface area contributed by atoms with E-state index in [1.165, 1.54) is 23.4 Å². The highest BCUT2D eigenvalue weighted by molar-refractivity contribution is 7.99. The van der Waals surface area contributed by atoms with Crippen molar-refractivity contribution >= 4 is 34.5 Å². The fraction of sp³-hybridized carbons (Fsp3) is 0.235. The van der Waals surface area contributed by atoms with Crippen LogP contribution in [-0.2, 0) is 20.6 Å². The molecular weight excluding hydrogens is 360 g/mol. The number of nitrogens with zero attached hydrogens (tertiary/aromatic N) is 4. The van der Waals surface area contributed by atoms with Crippen LogP contribution >= 0.6 is 23.4 Å². The third-order valence-electron chi connectivity index (χ3n) is 3.90. The van der Waals surface area contributed by atoms with Gasteiger partial charge in [-0.15, -0.1) is 6.58 Å². The lowest BCUT2D eigenvalue weighted by atomic mass is 10.2. The van der Waals surface area contributed by atoms with Crippen LogP contribution in [0.1, 0.15) is 5.56 Å². The molecule has 0 fully saturated rings. The normalized spacial score (nSPS) is 11.2. The molecule has 0 aliphatic rings. The Labute approximate surface area is 153 Å². The molecule has 1 aromatic carbocycles. The number of rotatable bonds is 5. The van der Waals surface area contributed by atoms with Crippen molar-refractivity contribution in [3.05, 3.63) is 68.3 Å². The largest absolute Gasteiger partial charge is 0.332 e. The number of thioether (sulfide) groups is 1. The second-order valence-corrected chi connectivity index (χ2v) is 7.01. The molecule has 3 aromatic rings. The highest BCUT2D eigenvalue weighted by Crippen LogP contribution is 2.23. The van der Waals surface area contributed by atoms with Crippen LogP contribution in [0.4, 0.5) is 0 Å². The number of fused-ring (bicyclic) bond motifs is 1. The smallest absolute Gasteiger partial charge is 0.309 e. The van der Waals surface area contributed by atoms with Crippen molar-refractivity contribution in [3.8, 4) is 0 Å². The van der Waals surface area contributed by atoms with Gasteiger partial charge in [-0.25, -0.2) is 9.78 Å². The quantitative estimate of drug-likeness (QED) is 0.506. The molecule has 0 unspecified atom stereocenters. The highest BCUT2D eigenvalue weighted by atomic mass is 35.5. The Morgan fingerprint density at radius 2 is 1.88 bits per heavy atom. The summed E-state index contributed by atoms with van der Waals surface area (Å²) in [5.74, 6) is 0.651. The molecule has 25 heavy (non-hydrogen) atoms. The number of hydrogen-bond donors (Lipinski definition) is 0. The van der Waals surface area contributed by atoms with Gasteiger partial charge in [-0.1, -0.05) is 41.6 Å². The van der Waals surface area contributed by atoms with Gasteiger partial charge in [0.05, 0.1) is 6.54 Å². The predicted molar refractivity (Wildman–Crippen MR) is 102 cm³/mol. The van der Waals surface area contributed by atoms with Crippen molar-refractivity contribution in [1.29, 1.82) is 0 Å². The first-order valence-electron chi connectivity index (χ1n) is 7.58. The van der Waals surface area contributed by atoms with Gasteiger partial charge in [-0.05, 0) is 17.7 Å². The van der Waals surface area contributed by atoms with E-state index in [0.717, 1.165) is 10.1 Å². The molecule has 0 N–H and O–H groups in total. The summed E-state index contributed by atoms with van der Waals surface area (Å²) in [6, 6.07) is 7.42. The van der Waals surface area contributed by atoms with Gasteiger partial charge in [0, 0.05) is 24.9 Å². The van der Waals surface area contributed by atoms with Gasteiger partial charge in [0.25, 0.3) is 5.56 Å². The summed E-state index contributed by atoms with van der Waals surface area (Å²) in [5.41, 5.74) is 1.03. The van der Waals surface area contributed by atoms with Gasteiger partial charge >= 0.3 is 5.69 Å². The molecule has 0 spiro atoms. The van der Waals surface area contributed by atoms with Crippen molar-refractivity contribution in [2.75, 3.05) is 5.75 Å². The summed E-state index contributed by atoms with van der Waals surface area (Å²) in [5, 5.41) is 1.32. The lowest BCUT2D eigenvalue weighted by Gasteiger charge is -2.09. The van der Waals surface area contributed by atoms with Crippen LogP contribution in [-0.4, -0.2) is 24.4 Å². The van der Waals surface area contributed by atoms with E-state index in [1.54, 1.807) is 25.3 Å². The molecule has 0 atom stereocenters. The van der Waals surface area contributed by atoms with Crippen LogP contribution in [0.25, 0.3) is 11.2 Å². The van der Waals surface area contributed by atoms with Crippen LogP contribution in [0.3, 0.4) is 0 Å². The fourth-order valence-electron chi connectivity index (χ4n) is 2.59. The molecular formula is C17H17ClN4O2S. The second-order valence-electron chi connectivity index (χ2n) is 5.58. The number of imidazole rings is 1. The van der Waals surface area contributed by atoms with Crippen molar-refractivity contribution in [2.45, 2.75) is 11.7 Å². The maximum atomic E-state index is 12.7. The topological polar surface area (TPSA) is 61.8 Å². The SMILES string of the molecule is C=CCSc1nc2c(c(=O)n(C)c(=O)n2C)n1Cc1ccc(Cl)cc1. The maximum Gasteiger partial charge on any atom is 0.332 e. The second kappa shape index (κ2) is 6.93. The minimum absolute atomic E-state index is 0.356. The van der Waals surface area contributed by atoms with E-state index < -0.39 is 5.69 Å².